The number of allylic oxidation sites excluding steroid dienone is 5. The lowest BCUT2D eigenvalue weighted by Gasteiger charge is -2.51. The second-order valence-corrected chi connectivity index (χ2v) is 13.1. The monoisotopic (exact) mass is 482 g/mol. The first-order valence-electron chi connectivity index (χ1n) is 13.5. The Morgan fingerprint density at radius 3 is 2.57 bits per heavy atom. The molecular weight excluding hydrogens is 440 g/mol. The van der Waals surface area contributed by atoms with Crippen molar-refractivity contribution in [1.82, 2.24) is 0 Å². The molecule has 0 radical (unpaired) electrons. The summed E-state index contributed by atoms with van der Waals surface area (Å²) in [6.07, 6.45) is 11.5. The van der Waals surface area contributed by atoms with Gasteiger partial charge < -0.3 is 19.7 Å². The molecule has 3 fully saturated rings. The van der Waals surface area contributed by atoms with Gasteiger partial charge in [0.1, 0.15) is 12.4 Å². The van der Waals surface area contributed by atoms with Crippen LogP contribution in [0.25, 0.3) is 0 Å². The predicted octanol–water partition coefficient (Wildman–Crippen LogP) is 4.92. The smallest absolute Gasteiger partial charge is 0.309 e. The molecule has 2 N–H and O–H groups in total. The fourth-order valence-corrected chi connectivity index (χ4v) is 8.89. The van der Waals surface area contributed by atoms with Gasteiger partial charge in [-0.3, -0.25) is 4.79 Å². The molecule has 0 aromatic rings. The summed E-state index contributed by atoms with van der Waals surface area (Å²) in [7, 11) is 0. The number of aliphatic hydroxyl groups excluding tert-OH is 2. The van der Waals surface area contributed by atoms with Crippen LogP contribution < -0.4 is 0 Å². The maximum atomic E-state index is 13.1. The first-order valence-corrected chi connectivity index (χ1v) is 13.5. The van der Waals surface area contributed by atoms with Crippen LogP contribution in [0.4, 0.5) is 0 Å². The molecule has 0 unspecified atom stereocenters. The first kappa shape index (κ1) is 25.0. The van der Waals surface area contributed by atoms with Gasteiger partial charge >= 0.3 is 5.97 Å². The molecule has 1 saturated heterocycles. The number of esters is 1. The van der Waals surface area contributed by atoms with Crippen molar-refractivity contribution in [3.8, 4) is 0 Å². The van der Waals surface area contributed by atoms with Gasteiger partial charge in [0.2, 0.25) is 0 Å². The van der Waals surface area contributed by atoms with E-state index in [1.807, 2.05) is 0 Å². The van der Waals surface area contributed by atoms with Gasteiger partial charge in [-0.05, 0) is 87.0 Å². The molecule has 5 aliphatic rings. The van der Waals surface area contributed by atoms with Gasteiger partial charge in [-0.1, -0.05) is 50.1 Å². The minimum Gasteiger partial charge on any atom is -0.462 e. The van der Waals surface area contributed by atoms with Crippen LogP contribution in [-0.4, -0.2) is 40.8 Å². The second-order valence-electron chi connectivity index (χ2n) is 13.1. The Hall–Kier alpha value is -1.72. The van der Waals surface area contributed by atoms with E-state index in [1.54, 1.807) is 0 Å². The Morgan fingerprint density at radius 2 is 1.89 bits per heavy atom. The molecule has 1 aliphatic heterocycles. The quantitative estimate of drug-likeness (QED) is 0.338. The summed E-state index contributed by atoms with van der Waals surface area (Å²) in [5, 5.41) is 21.3. The third-order valence-corrected chi connectivity index (χ3v) is 10.8. The minimum atomic E-state index is -0.759. The normalized spacial score (nSPS) is 45.6. The van der Waals surface area contributed by atoms with Gasteiger partial charge in [0.25, 0.3) is 0 Å². The van der Waals surface area contributed by atoms with Crippen LogP contribution in [0.2, 0.25) is 0 Å². The Kier molecular flexibility index (Phi) is 6.00. The second kappa shape index (κ2) is 8.41. The maximum Gasteiger partial charge on any atom is 0.309 e. The summed E-state index contributed by atoms with van der Waals surface area (Å²) in [5.41, 5.74) is 2.36. The summed E-state index contributed by atoms with van der Waals surface area (Å²) in [6, 6.07) is 0. The molecule has 5 nitrogen and oxygen atoms in total. The molecule has 0 amide bonds. The van der Waals surface area contributed by atoms with E-state index in [-0.39, 0.29) is 41.2 Å². The van der Waals surface area contributed by atoms with E-state index in [4.69, 9.17) is 4.74 Å². The first-order chi connectivity index (χ1) is 16.5. The van der Waals surface area contributed by atoms with Crippen LogP contribution >= 0.6 is 0 Å². The zero-order valence-corrected chi connectivity index (χ0v) is 21.9. The maximum absolute atomic E-state index is 13.1. The highest BCUT2D eigenvalue weighted by atomic mass is 16.6. The number of hydrogen-bond donors (Lipinski definition) is 2. The molecule has 1 heterocycles. The predicted molar refractivity (Wildman–Crippen MR) is 134 cm³/mol. The molecule has 5 rings (SSSR count). The zero-order chi connectivity index (χ0) is 25.3. The van der Waals surface area contributed by atoms with Crippen LogP contribution in [0.3, 0.4) is 0 Å². The van der Waals surface area contributed by atoms with Gasteiger partial charge in [0.05, 0.1) is 18.1 Å². The van der Waals surface area contributed by atoms with Crippen molar-refractivity contribution in [2.24, 2.45) is 39.9 Å². The van der Waals surface area contributed by atoms with Gasteiger partial charge in [-0.25, -0.2) is 0 Å². The minimum absolute atomic E-state index is 0.0573. The SMILES string of the molecule is CC(C)=CCC[C@H]1C(=O)O[C@H]2C[C@@]3(C=O)[C@@H]4CC[C@@H]5C(=CC4=CC[C@]3(C)[C@H]21)C[C@@H](O)[C@H](O)C5(C)C. The Morgan fingerprint density at radius 1 is 1.17 bits per heavy atom. The van der Waals surface area contributed by atoms with Gasteiger partial charge in [-0.15, -0.1) is 0 Å². The lowest BCUT2D eigenvalue weighted by molar-refractivity contribution is -0.148. The van der Waals surface area contributed by atoms with Crippen molar-refractivity contribution in [1.29, 1.82) is 0 Å². The lowest BCUT2D eigenvalue weighted by Crippen LogP contribution is -2.50. The molecule has 192 valence electrons. The number of hydrogen-bond acceptors (Lipinski definition) is 5. The third-order valence-electron chi connectivity index (χ3n) is 10.8. The number of carbonyl (C=O) groups excluding carboxylic acids is 2. The highest BCUT2D eigenvalue weighted by Crippen LogP contribution is 2.70. The fourth-order valence-electron chi connectivity index (χ4n) is 8.89. The molecule has 0 bridgehead atoms. The van der Waals surface area contributed by atoms with Crippen molar-refractivity contribution in [3.63, 3.8) is 0 Å². The number of fused-ring (bicyclic) bond motifs is 6. The molecule has 2 saturated carbocycles. The van der Waals surface area contributed by atoms with E-state index >= 15 is 0 Å². The van der Waals surface area contributed by atoms with E-state index in [0.29, 0.717) is 12.8 Å². The summed E-state index contributed by atoms with van der Waals surface area (Å²) in [4.78, 5) is 26.0. The van der Waals surface area contributed by atoms with Crippen LogP contribution in [-0.2, 0) is 14.3 Å². The van der Waals surface area contributed by atoms with Gasteiger partial charge in [0, 0.05) is 11.3 Å². The van der Waals surface area contributed by atoms with E-state index < -0.39 is 23.0 Å². The average Bonchev–Trinajstić information content (AvgIpc) is 3.13. The van der Waals surface area contributed by atoms with Gasteiger partial charge in [0.15, 0.2) is 0 Å². The molecule has 35 heavy (non-hydrogen) atoms. The molecular formula is C30H42O5. The van der Waals surface area contributed by atoms with Crippen LogP contribution in [0.5, 0.6) is 0 Å². The summed E-state index contributed by atoms with van der Waals surface area (Å²) in [5.74, 6) is 0.0640. The summed E-state index contributed by atoms with van der Waals surface area (Å²) < 4.78 is 5.98. The van der Waals surface area contributed by atoms with Crippen LogP contribution in [0.1, 0.15) is 79.6 Å². The van der Waals surface area contributed by atoms with Crippen LogP contribution in [0.15, 0.2) is 34.9 Å². The zero-order valence-electron chi connectivity index (χ0n) is 21.9. The fraction of sp³-hybridized carbons (Fsp3) is 0.733. The lowest BCUT2D eigenvalue weighted by atomic mass is 9.50. The molecule has 0 spiro atoms. The summed E-state index contributed by atoms with van der Waals surface area (Å²) >= 11 is 0. The highest BCUT2D eigenvalue weighted by molar-refractivity contribution is 5.77. The standard InChI is InChI=1S/C30H42O5/c1-17(2)7-6-8-20-25-24(35-27(20)34)15-30(16-31)22-10-9-21-19(13-18(22)11-12-29(25,30)5)14-23(32)26(33)28(21,3)4/h7,11,13,16,20-26,32-33H,6,8-10,12,14-15H2,1-5H3/t20-,21-,22-,23-,24+,25+,26+,29-,30-/m1/s1. The molecule has 4 aliphatic carbocycles. The Labute approximate surface area is 209 Å². The number of aliphatic hydroxyl groups is 2. The van der Waals surface area contributed by atoms with Crippen LogP contribution in [0, 0.1) is 39.9 Å². The number of rotatable bonds is 4. The van der Waals surface area contributed by atoms with Crippen molar-refractivity contribution in [2.45, 2.75) is 97.9 Å². The van der Waals surface area contributed by atoms with Crippen molar-refractivity contribution >= 4 is 12.3 Å². The van der Waals surface area contributed by atoms with E-state index in [2.05, 4.69) is 52.8 Å². The van der Waals surface area contributed by atoms with Crippen molar-refractivity contribution in [2.75, 3.05) is 0 Å². The summed E-state index contributed by atoms with van der Waals surface area (Å²) in [6.45, 7) is 10.5. The Bertz CT molecular complexity index is 1000. The third kappa shape index (κ3) is 3.48. The number of carbonyl (C=O) groups is 2. The molecule has 0 aromatic carbocycles. The number of ether oxygens (including phenoxy) is 1. The van der Waals surface area contributed by atoms with Gasteiger partial charge in [-0.2, -0.15) is 0 Å². The van der Waals surface area contributed by atoms with E-state index in [9.17, 15) is 19.8 Å². The largest absolute Gasteiger partial charge is 0.462 e. The average molecular weight is 483 g/mol. The molecule has 5 heteroatoms. The topological polar surface area (TPSA) is 83.8 Å². The van der Waals surface area contributed by atoms with Crippen molar-refractivity contribution < 1.29 is 24.5 Å². The van der Waals surface area contributed by atoms with E-state index in [0.717, 1.165) is 32.1 Å². The highest BCUT2D eigenvalue weighted by Gasteiger charge is 2.71. The number of aldehydes is 1. The Balaban J connectivity index is 1.51. The van der Waals surface area contributed by atoms with Crippen molar-refractivity contribution in [3.05, 3.63) is 34.9 Å². The molecule has 9 atom stereocenters. The van der Waals surface area contributed by atoms with E-state index in [1.165, 1.54) is 23.0 Å². The molecule has 0 aromatic heterocycles.